The Bertz CT molecular complexity index is 1320. The molecule has 0 radical (unpaired) electrons. The normalized spacial score (nSPS) is 11.2. The number of nitro groups is 1. The van der Waals surface area contributed by atoms with Crippen molar-refractivity contribution in [3.63, 3.8) is 0 Å². The van der Waals surface area contributed by atoms with Crippen molar-refractivity contribution < 1.29 is 14.1 Å². The van der Waals surface area contributed by atoms with Gasteiger partial charge in [-0.05, 0) is 41.5 Å². The molecule has 8 nitrogen and oxygen atoms in total. The maximum Gasteiger partial charge on any atom is 0.433 e. The molecule has 2 aromatic heterocycles. The zero-order chi connectivity index (χ0) is 22.0. The van der Waals surface area contributed by atoms with Gasteiger partial charge in [-0.1, -0.05) is 41.9 Å². The van der Waals surface area contributed by atoms with Gasteiger partial charge in [-0.15, -0.1) is 0 Å². The molecule has 0 bridgehead atoms. The fourth-order valence-electron chi connectivity index (χ4n) is 3.08. The third kappa shape index (κ3) is 4.29. The molecule has 9 heteroatoms. The van der Waals surface area contributed by atoms with Crippen LogP contribution in [0, 0.1) is 10.1 Å². The first-order chi connectivity index (χ1) is 14.9. The van der Waals surface area contributed by atoms with E-state index in [1.165, 1.54) is 25.3 Å². The van der Waals surface area contributed by atoms with E-state index >= 15 is 0 Å². The van der Waals surface area contributed by atoms with Gasteiger partial charge in [-0.3, -0.25) is 14.9 Å². The van der Waals surface area contributed by atoms with Gasteiger partial charge in [-0.25, -0.2) is 4.98 Å². The quantitative estimate of drug-likeness (QED) is 0.236. The molecule has 154 valence electrons. The van der Waals surface area contributed by atoms with Crippen LogP contribution in [-0.4, -0.2) is 22.0 Å². The van der Waals surface area contributed by atoms with Crippen LogP contribution >= 0.6 is 11.6 Å². The second kappa shape index (κ2) is 8.37. The SMILES string of the molecule is CC(=O)N(N=Cc1ccc([N+](=O)[O-])o1)c1cc(-c2ccccc2)c2cc(Cl)ccc2n1. The maximum atomic E-state index is 12.3. The Morgan fingerprint density at radius 3 is 2.61 bits per heavy atom. The second-order valence-electron chi connectivity index (χ2n) is 6.56. The summed E-state index contributed by atoms with van der Waals surface area (Å²) in [6, 6.07) is 19.3. The number of carbonyl (C=O) groups is 1. The molecule has 2 heterocycles. The molecule has 2 aromatic carbocycles. The van der Waals surface area contributed by atoms with Crippen LogP contribution in [-0.2, 0) is 4.79 Å². The molecule has 1 amide bonds. The van der Waals surface area contributed by atoms with E-state index in [9.17, 15) is 14.9 Å². The molecule has 0 saturated heterocycles. The molecule has 0 atom stereocenters. The van der Waals surface area contributed by atoms with E-state index in [0.29, 0.717) is 16.4 Å². The van der Waals surface area contributed by atoms with Crippen molar-refractivity contribution in [3.8, 4) is 11.1 Å². The van der Waals surface area contributed by atoms with E-state index < -0.39 is 16.7 Å². The van der Waals surface area contributed by atoms with Gasteiger partial charge >= 0.3 is 5.88 Å². The standard InChI is InChI=1S/C22H15ClN4O4/c1-14(28)26(24-13-17-8-10-22(31-17)27(29)30)21-12-18(15-5-3-2-4-6-15)19-11-16(23)7-9-20(19)25-21/h2-13H,1H3. The second-order valence-corrected chi connectivity index (χ2v) is 7.00. The number of halogens is 1. The molecule has 0 aliphatic rings. The lowest BCUT2D eigenvalue weighted by Crippen LogP contribution is -2.23. The summed E-state index contributed by atoms with van der Waals surface area (Å²) in [4.78, 5) is 27.0. The molecule has 0 saturated carbocycles. The van der Waals surface area contributed by atoms with Crippen molar-refractivity contribution in [1.82, 2.24) is 4.98 Å². The lowest BCUT2D eigenvalue weighted by atomic mass is 10.0. The van der Waals surface area contributed by atoms with Crippen LogP contribution in [0.5, 0.6) is 0 Å². The number of anilines is 1. The van der Waals surface area contributed by atoms with E-state index in [1.54, 1.807) is 18.2 Å². The van der Waals surface area contributed by atoms with E-state index in [2.05, 4.69) is 10.1 Å². The van der Waals surface area contributed by atoms with Crippen LogP contribution in [0.2, 0.25) is 5.02 Å². The minimum Gasteiger partial charge on any atom is -0.400 e. The van der Waals surface area contributed by atoms with Crippen LogP contribution in [0.4, 0.5) is 11.7 Å². The van der Waals surface area contributed by atoms with Crippen molar-refractivity contribution in [3.05, 3.63) is 87.6 Å². The lowest BCUT2D eigenvalue weighted by molar-refractivity contribution is -0.402. The molecule has 0 aliphatic carbocycles. The molecular weight excluding hydrogens is 420 g/mol. The topological polar surface area (TPSA) is 102 Å². The van der Waals surface area contributed by atoms with Crippen molar-refractivity contribution in [1.29, 1.82) is 0 Å². The van der Waals surface area contributed by atoms with E-state index in [4.69, 9.17) is 16.0 Å². The smallest absolute Gasteiger partial charge is 0.400 e. The molecule has 4 aromatic rings. The monoisotopic (exact) mass is 434 g/mol. The van der Waals surface area contributed by atoms with Crippen molar-refractivity contribution in [2.45, 2.75) is 6.92 Å². The molecule has 31 heavy (non-hydrogen) atoms. The number of hydrogen-bond donors (Lipinski definition) is 0. The summed E-state index contributed by atoms with van der Waals surface area (Å²) >= 11 is 6.20. The van der Waals surface area contributed by atoms with Crippen LogP contribution in [0.25, 0.3) is 22.0 Å². The molecule has 0 unspecified atom stereocenters. The third-order valence-corrected chi connectivity index (χ3v) is 4.69. The Kier molecular flexibility index (Phi) is 5.46. The van der Waals surface area contributed by atoms with E-state index in [-0.39, 0.29) is 5.76 Å². The highest BCUT2D eigenvalue weighted by molar-refractivity contribution is 6.31. The highest BCUT2D eigenvalue weighted by Crippen LogP contribution is 2.33. The number of pyridine rings is 1. The van der Waals surface area contributed by atoms with E-state index in [0.717, 1.165) is 21.5 Å². The summed E-state index contributed by atoms with van der Waals surface area (Å²) in [5.74, 6) is -0.382. The van der Waals surface area contributed by atoms with Gasteiger partial charge in [0, 0.05) is 17.3 Å². The zero-order valence-electron chi connectivity index (χ0n) is 16.2. The fraction of sp³-hybridized carbons (Fsp3) is 0.0455. The van der Waals surface area contributed by atoms with E-state index in [1.807, 2.05) is 36.4 Å². The van der Waals surface area contributed by atoms with Gasteiger partial charge in [0.1, 0.15) is 4.92 Å². The van der Waals surface area contributed by atoms with Gasteiger partial charge in [0.2, 0.25) is 5.91 Å². The number of fused-ring (bicyclic) bond motifs is 1. The summed E-state index contributed by atoms with van der Waals surface area (Å²) in [6.07, 6.45) is 1.23. The summed E-state index contributed by atoms with van der Waals surface area (Å²) in [5, 5.41) is 17.4. The summed E-state index contributed by atoms with van der Waals surface area (Å²) in [7, 11) is 0. The predicted octanol–water partition coefficient (Wildman–Crippen LogP) is 5.44. The number of hydrogen-bond acceptors (Lipinski definition) is 6. The zero-order valence-corrected chi connectivity index (χ0v) is 17.0. The van der Waals surface area contributed by atoms with Crippen LogP contribution in [0.1, 0.15) is 12.7 Å². The average Bonchev–Trinajstić information content (AvgIpc) is 3.23. The molecule has 0 N–H and O–H groups in total. The molecule has 0 spiro atoms. The number of aromatic nitrogens is 1. The lowest BCUT2D eigenvalue weighted by Gasteiger charge is -2.17. The Balaban J connectivity index is 1.82. The predicted molar refractivity (Wildman–Crippen MR) is 118 cm³/mol. The van der Waals surface area contributed by atoms with Gasteiger partial charge in [-0.2, -0.15) is 10.1 Å². The maximum absolute atomic E-state index is 12.3. The van der Waals surface area contributed by atoms with Gasteiger partial charge < -0.3 is 4.42 Å². The molecule has 4 rings (SSSR count). The first-order valence-electron chi connectivity index (χ1n) is 9.17. The Hall–Kier alpha value is -4.04. The Morgan fingerprint density at radius 2 is 1.94 bits per heavy atom. The minimum atomic E-state index is -0.651. The Morgan fingerprint density at radius 1 is 1.16 bits per heavy atom. The van der Waals surface area contributed by atoms with Crippen molar-refractivity contribution in [2.24, 2.45) is 5.10 Å². The molecular formula is C22H15ClN4O4. The number of amides is 1. The summed E-state index contributed by atoms with van der Waals surface area (Å²) in [6.45, 7) is 1.35. The van der Waals surface area contributed by atoms with Crippen molar-refractivity contribution >= 4 is 46.3 Å². The highest BCUT2D eigenvalue weighted by Gasteiger charge is 2.17. The number of nitrogens with zero attached hydrogens (tertiary/aromatic N) is 4. The summed E-state index contributed by atoms with van der Waals surface area (Å²) in [5.41, 5.74) is 2.39. The first kappa shape index (κ1) is 20.2. The number of benzene rings is 2. The number of rotatable bonds is 5. The highest BCUT2D eigenvalue weighted by atomic mass is 35.5. The van der Waals surface area contributed by atoms with Gasteiger partial charge in [0.25, 0.3) is 0 Å². The minimum absolute atomic E-state index is 0.133. The Labute approximate surface area is 181 Å². The molecule has 0 aliphatic heterocycles. The van der Waals surface area contributed by atoms with Gasteiger partial charge in [0.15, 0.2) is 11.6 Å². The van der Waals surface area contributed by atoms with Crippen LogP contribution in [0.15, 0.2) is 76.2 Å². The number of hydrazone groups is 1. The van der Waals surface area contributed by atoms with Crippen LogP contribution in [0.3, 0.4) is 0 Å². The number of carbonyl (C=O) groups excluding carboxylic acids is 1. The fourth-order valence-corrected chi connectivity index (χ4v) is 3.25. The summed E-state index contributed by atoms with van der Waals surface area (Å²) < 4.78 is 5.07. The first-order valence-corrected chi connectivity index (χ1v) is 9.55. The van der Waals surface area contributed by atoms with Crippen LogP contribution < -0.4 is 5.01 Å². The molecule has 0 fully saturated rings. The number of furan rings is 1. The van der Waals surface area contributed by atoms with Gasteiger partial charge in [0.05, 0.1) is 17.8 Å². The average molecular weight is 435 g/mol. The third-order valence-electron chi connectivity index (χ3n) is 4.45. The largest absolute Gasteiger partial charge is 0.433 e. The van der Waals surface area contributed by atoms with Crippen molar-refractivity contribution in [2.75, 3.05) is 5.01 Å².